The number of carbonyl (C=O) groups excluding carboxylic acids is 2. The molecule has 158 valence electrons. The third kappa shape index (κ3) is 5.41. The van der Waals surface area contributed by atoms with Crippen LogP contribution in [0.1, 0.15) is 31.8 Å². The lowest BCUT2D eigenvalue weighted by molar-refractivity contribution is -0.685. The monoisotopic (exact) mass is 512 g/mol. The molecule has 3 rings (SSSR count). The number of halogens is 3. The highest BCUT2D eigenvalue weighted by atomic mass is 79.9. The molecule has 0 unspecified atom stereocenters. The van der Waals surface area contributed by atoms with Crippen LogP contribution in [-0.4, -0.2) is 30.7 Å². The van der Waals surface area contributed by atoms with E-state index in [0.29, 0.717) is 34.5 Å². The van der Waals surface area contributed by atoms with Gasteiger partial charge in [0.25, 0.3) is 10.3 Å². The molecule has 0 atom stereocenters. The Morgan fingerprint density at radius 2 is 1.33 bits per heavy atom. The third-order valence-electron chi connectivity index (χ3n) is 4.41. The van der Waals surface area contributed by atoms with Crippen molar-refractivity contribution < 1.29 is 40.6 Å². The number of benzene rings is 2. The lowest BCUT2D eigenvalue weighted by Crippen LogP contribution is -3.00. The SMILES string of the molecule is COC(=O)c1ccc(Cn2c[n+](Cc3ccc(C(=O)OC)cc3)c(Cl)c2Cl)cc1.[Br-]. The van der Waals surface area contributed by atoms with Gasteiger partial charge in [-0.05, 0) is 58.6 Å². The Kier molecular flexibility index (Phi) is 8.46. The van der Waals surface area contributed by atoms with Gasteiger partial charge < -0.3 is 26.5 Å². The van der Waals surface area contributed by atoms with E-state index in [9.17, 15) is 9.59 Å². The molecule has 0 saturated carbocycles. The molecule has 0 aliphatic rings. The fourth-order valence-corrected chi connectivity index (χ4v) is 3.27. The Balaban J connectivity index is 0.00000320. The molecule has 1 heterocycles. The summed E-state index contributed by atoms with van der Waals surface area (Å²) in [4.78, 5) is 23.1. The van der Waals surface area contributed by atoms with Crippen LogP contribution in [0.4, 0.5) is 0 Å². The number of aromatic nitrogens is 2. The van der Waals surface area contributed by atoms with E-state index in [1.165, 1.54) is 14.2 Å². The first-order chi connectivity index (χ1) is 13.9. The first-order valence-electron chi connectivity index (χ1n) is 8.71. The van der Waals surface area contributed by atoms with Crippen molar-refractivity contribution in [3.63, 3.8) is 0 Å². The number of hydrogen-bond acceptors (Lipinski definition) is 4. The maximum Gasteiger partial charge on any atom is 0.337 e. The molecule has 30 heavy (non-hydrogen) atoms. The summed E-state index contributed by atoms with van der Waals surface area (Å²) < 4.78 is 13.0. The molecule has 9 heteroatoms. The molecule has 0 spiro atoms. The standard InChI is InChI=1S/C21H19Cl2N2O4.BrH/c1-28-20(26)16-7-3-14(4-8-16)11-24-13-25(19(23)18(24)22)12-15-5-9-17(10-6-15)21(27)29-2;/h3-10,13H,11-12H2,1-2H3;1H/q+1;/p-1. The van der Waals surface area contributed by atoms with E-state index >= 15 is 0 Å². The fraction of sp³-hybridized carbons (Fsp3) is 0.190. The summed E-state index contributed by atoms with van der Waals surface area (Å²) in [5, 5.41) is 0.824. The second-order valence-corrected chi connectivity index (χ2v) is 7.05. The average Bonchev–Trinajstić information content (AvgIpc) is 3.01. The zero-order chi connectivity index (χ0) is 21.0. The summed E-state index contributed by atoms with van der Waals surface area (Å²) in [5.41, 5.74) is 2.89. The van der Waals surface area contributed by atoms with Gasteiger partial charge in [-0.25, -0.2) is 18.7 Å². The topological polar surface area (TPSA) is 61.4 Å². The molecule has 2 aromatic carbocycles. The Hall–Kier alpha value is -2.35. The molecule has 0 amide bonds. The molecule has 1 aromatic heterocycles. The molecule has 0 saturated heterocycles. The Bertz CT molecular complexity index is 952. The number of methoxy groups -OCH3 is 2. The van der Waals surface area contributed by atoms with Crippen LogP contribution in [0.25, 0.3) is 0 Å². The van der Waals surface area contributed by atoms with Crippen LogP contribution in [0.2, 0.25) is 10.3 Å². The van der Waals surface area contributed by atoms with Crippen LogP contribution in [0.3, 0.4) is 0 Å². The van der Waals surface area contributed by atoms with E-state index in [1.54, 1.807) is 24.3 Å². The first-order valence-corrected chi connectivity index (χ1v) is 9.46. The lowest BCUT2D eigenvalue weighted by Gasteiger charge is -2.02. The highest BCUT2D eigenvalue weighted by molar-refractivity contribution is 6.39. The van der Waals surface area contributed by atoms with E-state index in [1.807, 2.05) is 39.7 Å². The number of nitrogens with zero attached hydrogens (tertiary/aromatic N) is 2. The van der Waals surface area contributed by atoms with Crippen LogP contribution in [-0.2, 0) is 22.6 Å². The van der Waals surface area contributed by atoms with Crippen LogP contribution in [0, 0.1) is 0 Å². The number of imidazole rings is 1. The van der Waals surface area contributed by atoms with Crippen LogP contribution in [0.15, 0.2) is 54.9 Å². The number of esters is 2. The molecule has 0 N–H and O–H groups in total. The zero-order valence-corrected chi connectivity index (χ0v) is 19.4. The molecular weight excluding hydrogens is 495 g/mol. The van der Waals surface area contributed by atoms with Crippen LogP contribution >= 0.6 is 23.2 Å². The largest absolute Gasteiger partial charge is 1.00 e. The summed E-state index contributed by atoms with van der Waals surface area (Å²) in [6.07, 6.45) is 1.83. The van der Waals surface area contributed by atoms with Gasteiger partial charge in [-0.2, -0.15) is 0 Å². The fourth-order valence-electron chi connectivity index (χ4n) is 2.85. The zero-order valence-electron chi connectivity index (χ0n) is 16.3. The van der Waals surface area contributed by atoms with Crippen molar-refractivity contribution in [2.75, 3.05) is 14.2 Å². The van der Waals surface area contributed by atoms with Crippen molar-refractivity contribution in [2.45, 2.75) is 13.1 Å². The molecule has 0 aliphatic heterocycles. The van der Waals surface area contributed by atoms with Crippen molar-refractivity contribution in [3.8, 4) is 0 Å². The van der Waals surface area contributed by atoms with Gasteiger partial charge in [0.1, 0.15) is 13.1 Å². The van der Waals surface area contributed by atoms with E-state index in [-0.39, 0.29) is 28.9 Å². The molecule has 6 nitrogen and oxygen atoms in total. The summed E-state index contributed by atoms with van der Waals surface area (Å²) in [7, 11) is 2.69. The molecule has 0 radical (unpaired) electrons. The minimum Gasteiger partial charge on any atom is -1.00 e. The third-order valence-corrected chi connectivity index (χ3v) is 5.30. The van der Waals surface area contributed by atoms with Crippen LogP contribution < -0.4 is 21.5 Å². The van der Waals surface area contributed by atoms with E-state index < -0.39 is 0 Å². The lowest BCUT2D eigenvalue weighted by atomic mass is 10.1. The van der Waals surface area contributed by atoms with Gasteiger partial charge in [-0.15, -0.1) is 0 Å². The van der Waals surface area contributed by atoms with Gasteiger partial charge in [0.15, 0.2) is 0 Å². The van der Waals surface area contributed by atoms with Gasteiger partial charge in [0.2, 0.25) is 6.33 Å². The van der Waals surface area contributed by atoms with Crippen molar-refractivity contribution in [3.05, 3.63) is 87.4 Å². The summed E-state index contributed by atoms with van der Waals surface area (Å²) in [6, 6.07) is 14.2. The number of carbonyl (C=O) groups is 2. The van der Waals surface area contributed by atoms with Crippen LogP contribution in [0.5, 0.6) is 0 Å². The smallest absolute Gasteiger partial charge is 0.337 e. The van der Waals surface area contributed by atoms with Crippen molar-refractivity contribution in [2.24, 2.45) is 0 Å². The van der Waals surface area contributed by atoms with Crippen molar-refractivity contribution >= 4 is 35.1 Å². The quantitative estimate of drug-likeness (QED) is 0.360. The molecule has 0 aliphatic carbocycles. The van der Waals surface area contributed by atoms with E-state index in [2.05, 4.69) is 0 Å². The van der Waals surface area contributed by atoms with Gasteiger partial charge in [0.05, 0.1) is 25.3 Å². The Morgan fingerprint density at radius 3 is 1.80 bits per heavy atom. The van der Waals surface area contributed by atoms with Gasteiger partial charge >= 0.3 is 11.9 Å². The minimum absolute atomic E-state index is 0. The molecule has 0 fully saturated rings. The summed E-state index contributed by atoms with van der Waals surface area (Å²) >= 11 is 12.8. The van der Waals surface area contributed by atoms with Gasteiger partial charge in [-0.1, -0.05) is 24.3 Å². The normalized spacial score (nSPS) is 10.3. The highest BCUT2D eigenvalue weighted by Gasteiger charge is 2.21. The predicted molar refractivity (Wildman–Crippen MR) is 108 cm³/mol. The second kappa shape index (κ2) is 10.6. The average molecular weight is 514 g/mol. The second-order valence-electron chi connectivity index (χ2n) is 6.33. The molecule has 0 bridgehead atoms. The van der Waals surface area contributed by atoms with Gasteiger partial charge in [-0.3, -0.25) is 0 Å². The summed E-state index contributed by atoms with van der Waals surface area (Å²) in [6.45, 7) is 0.989. The predicted octanol–water partition coefficient (Wildman–Crippen LogP) is 0.756. The van der Waals surface area contributed by atoms with Crippen molar-refractivity contribution in [1.29, 1.82) is 0 Å². The number of rotatable bonds is 6. The van der Waals surface area contributed by atoms with Crippen molar-refractivity contribution in [1.82, 2.24) is 4.57 Å². The first kappa shape index (κ1) is 23.9. The number of hydrogen-bond donors (Lipinski definition) is 0. The Labute approximate surface area is 194 Å². The minimum atomic E-state index is -0.380. The summed E-state index contributed by atoms with van der Waals surface area (Å²) in [5.74, 6) is -0.760. The number of ether oxygens (including phenoxy) is 2. The maximum atomic E-state index is 11.5. The molecule has 3 aromatic rings. The van der Waals surface area contributed by atoms with E-state index in [0.717, 1.165) is 11.1 Å². The highest BCUT2D eigenvalue weighted by Crippen LogP contribution is 2.21. The van der Waals surface area contributed by atoms with Gasteiger partial charge in [0, 0.05) is 0 Å². The maximum absolute atomic E-state index is 11.5. The molecular formula is C21H19BrCl2N2O4. The Morgan fingerprint density at radius 1 is 0.867 bits per heavy atom. The van der Waals surface area contributed by atoms with E-state index in [4.69, 9.17) is 32.7 Å².